The van der Waals surface area contributed by atoms with E-state index in [1.165, 1.54) is 0 Å². The zero-order valence-electron chi connectivity index (χ0n) is 10.9. The fourth-order valence-corrected chi connectivity index (χ4v) is 2.80. The van der Waals surface area contributed by atoms with Gasteiger partial charge in [-0.2, -0.15) is 0 Å². The quantitative estimate of drug-likeness (QED) is 0.570. The van der Waals surface area contributed by atoms with Gasteiger partial charge in [0.15, 0.2) is 0 Å². The number of nitrogens with zero attached hydrogens (tertiary/aromatic N) is 3. The van der Waals surface area contributed by atoms with Gasteiger partial charge in [-0.25, -0.2) is 15.4 Å². The minimum atomic E-state index is -0.269. The van der Waals surface area contributed by atoms with Gasteiger partial charge >= 0.3 is 0 Å². The number of rotatable bonds is 3. The molecule has 2 heterocycles. The Kier molecular flexibility index (Phi) is 3.52. The first kappa shape index (κ1) is 13.2. The van der Waals surface area contributed by atoms with Gasteiger partial charge in [-0.15, -0.1) is 0 Å². The Balaban J connectivity index is 2.17. The molecule has 0 spiro atoms. The number of nitrogens with two attached hydrogens (primary N) is 1. The molecule has 0 aliphatic carbocycles. The molecular formula is C14H14BrN5. The van der Waals surface area contributed by atoms with Gasteiger partial charge in [-0.3, -0.25) is 5.84 Å². The van der Waals surface area contributed by atoms with E-state index >= 15 is 0 Å². The Labute approximate surface area is 124 Å². The van der Waals surface area contributed by atoms with E-state index in [1.54, 1.807) is 6.20 Å². The molecule has 3 rings (SSSR count). The molecule has 6 heteroatoms. The molecule has 1 aromatic carbocycles. The van der Waals surface area contributed by atoms with Gasteiger partial charge in [-0.1, -0.05) is 18.2 Å². The third-order valence-corrected chi connectivity index (χ3v) is 3.90. The molecule has 0 saturated carbocycles. The molecule has 0 bridgehead atoms. The highest BCUT2D eigenvalue weighted by molar-refractivity contribution is 9.10. The number of imidazole rings is 1. The van der Waals surface area contributed by atoms with Crippen LogP contribution in [0.2, 0.25) is 0 Å². The van der Waals surface area contributed by atoms with Gasteiger partial charge in [0.25, 0.3) is 0 Å². The van der Waals surface area contributed by atoms with Crippen LogP contribution in [0.25, 0.3) is 10.9 Å². The normalized spacial score (nSPS) is 12.8. The second-order valence-corrected chi connectivity index (χ2v) is 5.40. The number of pyridine rings is 1. The number of aromatic nitrogens is 3. The average molecular weight is 332 g/mol. The average Bonchev–Trinajstić information content (AvgIpc) is 2.87. The second kappa shape index (κ2) is 5.32. The lowest BCUT2D eigenvalue weighted by Crippen LogP contribution is -2.31. The van der Waals surface area contributed by atoms with E-state index in [4.69, 9.17) is 10.8 Å². The smallest absolute Gasteiger partial charge is 0.133 e. The van der Waals surface area contributed by atoms with Gasteiger partial charge in [0.2, 0.25) is 0 Å². The van der Waals surface area contributed by atoms with Crippen molar-refractivity contribution in [1.82, 2.24) is 20.0 Å². The fourth-order valence-electron chi connectivity index (χ4n) is 2.24. The highest BCUT2D eigenvalue weighted by Crippen LogP contribution is 2.28. The van der Waals surface area contributed by atoms with Crippen LogP contribution >= 0.6 is 15.9 Å². The lowest BCUT2D eigenvalue weighted by Gasteiger charge is -2.17. The van der Waals surface area contributed by atoms with E-state index in [-0.39, 0.29) is 6.04 Å². The summed E-state index contributed by atoms with van der Waals surface area (Å²) in [7, 11) is 1.93. The van der Waals surface area contributed by atoms with E-state index in [0.717, 1.165) is 26.9 Å². The van der Waals surface area contributed by atoms with Crippen molar-refractivity contribution in [3.63, 3.8) is 0 Å². The first-order chi connectivity index (χ1) is 9.70. The van der Waals surface area contributed by atoms with Gasteiger partial charge in [0.1, 0.15) is 11.9 Å². The molecule has 5 nitrogen and oxygen atoms in total. The van der Waals surface area contributed by atoms with E-state index in [2.05, 4.69) is 26.3 Å². The molecule has 3 aromatic rings. The maximum Gasteiger partial charge on any atom is 0.133 e. The molecule has 0 aliphatic heterocycles. The molecule has 0 fully saturated rings. The summed E-state index contributed by atoms with van der Waals surface area (Å²) in [5.41, 5.74) is 4.54. The monoisotopic (exact) mass is 331 g/mol. The van der Waals surface area contributed by atoms with E-state index in [0.29, 0.717) is 0 Å². The number of benzene rings is 1. The summed E-state index contributed by atoms with van der Waals surface area (Å²) < 4.78 is 2.83. The van der Waals surface area contributed by atoms with Crippen LogP contribution in [0.3, 0.4) is 0 Å². The Morgan fingerprint density at radius 2 is 2.15 bits per heavy atom. The molecule has 0 radical (unpaired) electrons. The van der Waals surface area contributed by atoms with Gasteiger partial charge < -0.3 is 4.57 Å². The zero-order valence-corrected chi connectivity index (χ0v) is 12.5. The standard InChI is InChI=1S/C14H14BrN5/c1-20-7-6-17-14(20)13(19-16)12-10(15)8-9-4-2-3-5-11(9)18-12/h2-8,13,19H,16H2,1H3. The summed E-state index contributed by atoms with van der Waals surface area (Å²) in [5.74, 6) is 6.53. The van der Waals surface area contributed by atoms with Crippen molar-refractivity contribution in [3.05, 3.63) is 58.7 Å². The Morgan fingerprint density at radius 1 is 1.35 bits per heavy atom. The summed E-state index contributed by atoms with van der Waals surface area (Å²) >= 11 is 3.57. The zero-order chi connectivity index (χ0) is 14.1. The van der Waals surface area contributed by atoms with Crippen LogP contribution in [0.5, 0.6) is 0 Å². The number of hydrazine groups is 1. The lowest BCUT2D eigenvalue weighted by molar-refractivity contribution is 0.567. The number of fused-ring (bicyclic) bond motifs is 1. The molecule has 2 aromatic heterocycles. The highest BCUT2D eigenvalue weighted by Gasteiger charge is 2.21. The largest absolute Gasteiger partial charge is 0.336 e. The van der Waals surface area contributed by atoms with Gasteiger partial charge in [0.05, 0.1) is 11.2 Å². The van der Waals surface area contributed by atoms with Crippen molar-refractivity contribution in [3.8, 4) is 0 Å². The third kappa shape index (κ3) is 2.22. The lowest BCUT2D eigenvalue weighted by atomic mass is 10.1. The minimum absolute atomic E-state index is 0.269. The van der Waals surface area contributed by atoms with Crippen molar-refractivity contribution in [2.24, 2.45) is 12.9 Å². The summed E-state index contributed by atoms with van der Waals surface area (Å²) in [6.45, 7) is 0. The van der Waals surface area contributed by atoms with Gasteiger partial charge in [-0.05, 0) is 28.1 Å². The SMILES string of the molecule is Cn1ccnc1C(NN)c1nc2ccccc2cc1Br. The third-order valence-electron chi connectivity index (χ3n) is 3.26. The Morgan fingerprint density at radius 3 is 2.85 bits per heavy atom. The summed E-state index contributed by atoms with van der Waals surface area (Å²) in [6, 6.07) is 9.76. The summed E-state index contributed by atoms with van der Waals surface area (Å²) in [4.78, 5) is 9.04. The van der Waals surface area contributed by atoms with Crippen LogP contribution in [0.1, 0.15) is 17.6 Å². The minimum Gasteiger partial charge on any atom is -0.336 e. The molecule has 0 saturated heterocycles. The van der Waals surface area contributed by atoms with Crippen molar-refractivity contribution < 1.29 is 0 Å². The molecule has 20 heavy (non-hydrogen) atoms. The molecule has 3 N–H and O–H groups in total. The van der Waals surface area contributed by atoms with Gasteiger partial charge in [0, 0.05) is 29.3 Å². The highest BCUT2D eigenvalue weighted by atomic mass is 79.9. The van der Waals surface area contributed by atoms with Crippen LogP contribution in [0.15, 0.2) is 47.2 Å². The molecule has 102 valence electrons. The first-order valence-electron chi connectivity index (χ1n) is 6.19. The predicted octanol–water partition coefficient (Wildman–Crippen LogP) is 2.28. The molecular weight excluding hydrogens is 318 g/mol. The topological polar surface area (TPSA) is 68.8 Å². The molecule has 0 amide bonds. The van der Waals surface area contributed by atoms with Crippen LogP contribution in [-0.2, 0) is 7.05 Å². The number of hydrogen-bond acceptors (Lipinski definition) is 4. The fraction of sp³-hybridized carbons (Fsp3) is 0.143. The maximum absolute atomic E-state index is 5.71. The van der Waals surface area contributed by atoms with E-state index in [9.17, 15) is 0 Å². The Hall–Kier alpha value is -1.76. The summed E-state index contributed by atoms with van der Waals surface area (Å²) in [5, 5.41) is 1.08. The molecule has 1 atom stereocenters. The second-order valence-electron chi connectivity index (χ2n) is 4.54. The Bertz CT molecular complexity index is 752. The summed E-state index contributed by atoms with van der Waals surface area (Å²) in [6.07, 6.45) is 3.63. The number of para-hydroxylation sites is 1. The van der Waals surface area contributed by atoms with Crippen molar-refractivity contribution in [2.75, 3.05) is 0 Å². The van der Waals surface area contributed by atoms with Crippen LogP contribution in [0, 0.1) is 0 Å². The number of nitrogens with one attached hydrogen (secondary N) is 1. The molecule has 1 unspecified atom stereocenters. The maximum atomic E-state index is 5.71. The number of aryl methyl sites for hydroxylation is 1. The van der Waals surface area contributed by atoms with Crippen LogP contribution < -0.4 is 11.3 Å². The first-order valence-corrected chi connectivity index (χ1v) is 6.98. The molecule has 0 aliphatic rings. The van der Waals surface area contributed by atoms with Crippen molar-refractivity contribution in [2.45, 2.75) is 6.04 Å². The number of hydrogen-bond donors (Lipinski definition) is 2. The van der Waals surface area contributed by atoms with Crippen LogP contribution in [-0.4, -0.2) is 14.5 Å². The predicted molar refractivity (Wildman–Crippen MR) is 81.8 cm³/mol. The van der Waals surface area contributed by atoms with Crippen molar-refractivity contribution >= 4 is 26.8 Å². The number of halogens is 1. The van der Waals surface area contributed by atoms with Crippen molar-refractivity contribution in [1.29, 1.82) is 0 Å². The van der Waals surface area contributed by atoms with Crippen LogP contribution in [0.4, 0.5) is 0 Å². The van der Waals surface area contributed by atoms with E-state index < -0.39 is 0 Å². The van der Waals surface area contributed by atoms with E-state index in [1.807, 2.05) is 48.1 Å².